The molecule has 1 aromatic carbocycles. The van der Waals surface area contributed by atoms with E-state index in [1.807, 2.05) is 30.3 Å². The van der Waals surface area contributed by atoms with Crippen LogP contribution in [0.4, 0.5) is 4.79 Å². The van der Waals surface area contributed by atoms with Crippen molar-refractivity contribution in [2.24, 2.45) is 0 Å². The van der Waals surface area contributed by atoms with E-state index in [-0.39, 0.29) is 17.4 Å². The van der Waals surface area contributed by atoms with Gasteiger partial charge in [-0.2, -0.15) is 0 Å². The Kier molecular flexibility index (Phi) is 5.41. The molecule has 0 bridgehead atoms. The van der Waals surface area contributed by atoms with Crippen LogP contribution in [-0.2, 0) is 9.59 Å². The number of imide groups is 1. The summed E-state index contributed by atoms with van der Waals surface area (Å²) in [6.45, 7) is 1.18. The van der Waals surface area contributed by atoms with Crippen LogP contribution in [0.15, 0.2) is 50.2 Å². The molecule has 0 saturated carbocycles. The summed E-state index contributed by atoms with van der Waals surface area (Å²) < 4.78 is 6.74. The van der Waals surface area contributed by atoms with Crippen LogP contribution in [0.3, 0.4) is 0 Å². The predicted octanol–water partition coefficient (Wildman–Crippen LogP) is 4.37. The maximum Gasteiger partial charge on any atom is 0.294 e. The molecule has 6 nitrogen and oxygen atoms in total. The number of thioether (sulfide) groups is 1. The molecule has 3 heterocycles. The predicted molar refractivity (Wildman–Crippen MR) is 110 cm³/mol. The smallest absolute Gasteiger partial charge is 0.294 e. The van der Waals surface area contributed by atoms with Gasteiger partial charge in [0.25, 0.3) is 11.1 Å². The second-order valence-electron chi connectivity index (χ2n) is 6.57. The van der Waals surface area contributed by atoms with Crippen LogP contribution in [-0.4, -0.2) is 46.5 Å². The Balaban J connectivity index is 1.49. The van der Waals surface area contributed by atoms with Gasteiger partial charge in [0, 0.05) is 29.2 Å². The highest BCUT2D eigenvalue weighted by atomic mass is 79.9. The summed E-state index contributed by atoms with van der Waals surface area (Å²) in [5, 5.41) is -0.428. The van der Waals surface area contributed by atoms with E-state index in [9.17, 15) is 14.4 Å². The molecular weight excluding hydrogens is 444 g/mol. The molecule has 0 atom stereocenters. The lowest BCUT2D eigenvalue weighted by Crippen LogP contribution is -2.40. The van der Waals surface area contributed by atoms with Gasteiger partial charge in [0.15, 0.2) is 0 Å². The van der Waals surface area contributed by atoms with E-state index >= 15 is 0 Å². The Morgan fingerprint density at radius 2 is 1.96 bits per heavy atom. The quantitative estimate of drug-likeness (QED) is 0.633. The number of carbonyl (C=O) groups excluding carboxylic acids is 3. The molecule has 4 rings (SSSR count). The van der Waals surface area contributed by atoms with Gasteiger partial charge in [-0.05, 0) is 48.9 Å². The molecule has 2 aromatic rings. The zero-order valence-corrected chi connectivity index (χ0v) is 17.3. The minimum atomic E-state index is -0.456. The molecule has 3 amide bonds. The highest BCUT2D eigenvalue weighted by Gasteiger charge is 2.37. The third-order valence-electron chi connectivity index (χ3n) is 4.64. The maximum atomic E-state index is 12.6. The third kappa shape index (κ3) is 3.93. The van der Waals surface area contributed by atoms with Crippen LogP contribution >= 0.6 is 27.7 Å². The first kappa shape index (κ1) is 19.0. The average Bonchev–Trinajstić information content (AvgIpc) is 3.40. The monoisotopic (exact) mass is 460 g/mol. The molecule has 1 aromatic heterocycles. The number of hydrogen-bond donors (Lipinski definition) is 0. The number of carbonyl (C=O) groups is 3. The molecule has 144 valence electrons. The normalized spacial score (nSPS) is 18.5. The molecule has 2 aliphatic heterocycles. The number of hydrogen-bond acceptors (Lipinski definition) is 5. The molecule has 28 heavy (non-hydrogen) atoms. The van der Waals surface area contributed by atoms with E-state index in [0.29, 0.717) is 24.6 Å². The highest BCUT2D eigenvalue weighted by Crippen LogP contribution is 2.33. The fraction of sp³-hybridized carbons (Fsp3) is 0.250. The van der Waals surface area contributed by atoms with E-state index in [1.165, 1.54) is 0 Å². The molecule has 0 radical (unpaired) electrons. The summed E-state index contributed by atoms with van der Waals surface area (Å²) in [6, 6.07) is 11.2. The molecule has 0 aliphatic carbocycles. The van der Waals surface area contributed by atoms with Crippen molar-refractivity contribution in [2.75, 3.05) is 19.6 Å². The van der Waals surface area contributed by atoms with E-state index in [0.717, 1.165) is 39.5 Å². The number of halogens is 1. The van der Waals surface area contributed by atoms with Crippen LogP contribution in [0.2, 0.25) is 0 Å². The number of amides is 3. The number of likely N-dealkylation sites (tertiary alicyclic amines) is 1. The summed E-state index contributed by atoms with van der Waals surface area (Å²) in [5.41, 5.74) is 0.901. The molecule has 2 aliphatic rings. The van der Waals surface area contributed by atoms with Crippen molar-refractivity contribution in [2.45, 2.75) is 12.8 Å². The summed E-state index contributed by atoms with van der Waals surface area (Å²) >= 11 is 4.26. The second kappa shape index (κ2) is 7.97. The summed E-state index contributed by atoms with van der Waals surface area (Å²) in [7, 11) is 0. The number of furan rings is 1. The van der Waals surface area contributed by atoms with Gasteiger partial charge < -0.3 is 9.32 Å². The van der Waals surface area contributed by atoms with Crippen LogP contribution in [0.25, 0.3) is 17.4 Å². The standard InChI is InChI=1S/C20H17BrN2O4S/c21-14-5-3-4-13(10-14)16-7-6-15(27-16)11-17-19(25)23(20(26)28-17)12-18(24)22-8-1-2-9-22/h3-7,10-11H,1-2,8-9,12H2/b17-11+. The van der Waals surface area contributed by atoms with Crippen molar-refractivity contribution in [3.05, 3.63) is 51.5 Å². The van der Waals surface area contributed by atoms with Gasteiger partial charge in [-0.1, -0.05) is 28.1 Å². The van der Waals surface area contributed by atoms with Crippen LogP contribution < -0.4 is 0 Å². The topological polar surface area (TPSA) is 70.8 Å². The van der Waals surface area contributed by atoms with Gasteiger partial charge in [0.1, 0.15) is 18.1 Å². The van der Waals surface area contributed by atoms with Crippen LogP contribution in [0.1, 0.15) is 18.6 Å². The Morgan fingerprint density at radius 3 is 2.71 bits per heavy atom. The first-order valence-electron chi connectivity index (χ1n) is 8.90. The summed E-state index contributed by atoms with van der Waals surface area (Å²) in [5.74, 6) is 0.501. The molecule has 2 saturated heterocycles. The summed E-state index contributed by atoms with van der Waals surface area (Å²) in [6.07, 6.45) is 3.48. The van der Waals surface area contributed by atoms with Gasteiger partial charge >= 0.3 is 0 Å². The molecule has 0 spiro atoms. The molecule has 0 N–H and O–H groups in total. The second-order valence-corrected chi connectivity index (χ2v) is 8.48. The Hall–Kier alpha value is -2.32. The molecule has 8 heteroatoms. The Bertz CT molecular complexity index is 978. The first-order chi connectivity index (χ1) is 13.5. The average molecular weight is 461 g/mol. The highest BCUT2D eigenvalue weighted by molar-refractivity contribution is 9.10. The maximum absolute atomic E-state index is 12.6. The Morgan fingerprint density at radius 1 is 1.18 bits per heavy atom. The number of benzene rings is 1. The van der Waals surface area contributed by atoms with Gasteiger partial charge in [0.05, 0.1) is 4.91 Å². The fourth-order valence-electron chi connectivity index (χ4n) is 3.19. The number of rotatable bonds is 4. The van der Waals surface area contributed by atoms with E-state index < -0.39 is 11.1 Å². The zero-order chi connectivity index (χ0) is 19.7. The third-order valence-corrected chi connectivity index (χ3v) is 6.04. The van der Waals surface area contributed by atoms with E-state index in [2.05, 4.69) is 15.9 Å². The van der Waals surface area contributed by atoms with Crippen LogP contribution in [0.5, 0.6) is 0 Å². The largest absolute Gasteiger partial charge is 0.457 e. The Labute approximate surface area is 174 Å². The minimum absolute atomic E-state index is 0.184. The van der Waals surface area contributed by atoms with Gasteiger partial charge in [-0.3, -0.25) is 19.3 Å². The lowest BCUT2D eigenvalue weighted by atomic mass is 10.2. The van der Waals surface area contributed by atoms with Gasteiger partial charge in [-0.25, -0.2) is 0 Å². The SMILES string of the molecule is O=C(CN1C(=O)S/C(=C/c2ccc(-c3cccc(Br)c3)o2)C1=O)N1CCCC1. The van der Waals surface area contributed by atoms with Crippen molar-refractivity contribution in [1.29, 1.82) is 0 Å². The fourth-order valence-corrected chi connectivity index (χ4v) is 4.41. The first-order valence-corrected chi connectivity index (χ1v) is 10.5. The summed E-state index contributed by atoms with van der Waals surface area (Å²) in [4.78, 5) is 40.0. The lowest BCUT2D eigenvalue weighted by Gasteiger charge is -2.18. The van der Waals surface area contributed by atoms with Gasteiger partial charge in [-0.15, -0.1) is 0 Å². The minimum Gasteiger partial charge on any atom is -0.457 e. The molecule has 0 unspecified atom stereocenters. The van der Waals surface area contributed by atoms with Crippen molar-refractivity contribution >= 4 is 50.8 Å². The van der Waals surface area contributed by atoms with E-state index in [4.69, 9.17) is 4.42 Å². The molecule has 2 fully saturated rings. The van der Waals surface area contributed by atoms with Crippen molar-refractivity contribution in [3.8, 4) is 11.3 Å². The molecular formula is C20H17BrN2O4S. The number of nitrogens with zero attached hydrogens (tertiary/aromatic N) is 2. The van der Waals surface area contributed by atoms with Crippen LogP contribution in [0, 0.1) is 0 Å². The lowest BCUT2D eigenvalue weighted by molar-refractivity contribution is -0.135. The van der Waals surface area contributed by atoms with Crippen molar-refractivity contribution in [3.63, 3.8) is 0 Å². The zero-order valence-electron chi connectivity index (χ0n) is 14.9. The van der Waals surface area contributed by atoms with Crippen molar-refractivity contribution in [1.82, 2.24) is 9.80 Å². The van der Waals surface area contributed by atoms with Gasteiger partial charge in [0.2, 0.25) is 5.91 Å². The van der Waals surface area contributed by atoms with E-state index in [1.54, 1.807) is 17.0 Å². The van der Waals surface area contributed by atoms with Crippen molar-refractivity contribution < 1.29 is 18.8 Å².